The van der Waals surface area contributed by atoms with Gasteiger partial charge in [0.25, 0.3) is 0 Å². The van der Waals surface area contributed by atoms with Crippen molar-refractivity contribution in [1.82, 2.24) is 4.90 Å². The maximum Gasteiger partial charge on any atom is -0.0140 e. The van der Waals surface area contributed by atoms with Gasteiger partial charge in [-0.3, -0.25) is 0 Å². The average molecular weight is 250 g/mol. The van der Waals surface area contributed by atoms with Crippen LogP contribution < -0.4 is 0 Å². The minimum atomic E-state index is 0. The molecular weight excluding hydrogens is 226 g/mol. The van der Waals surface area contributed by atoms with Crippen molar-refractivity contribution < 1.29 is 0 Å². The summed E-state index contributed by atoms with van der Waals surface area (Å²) in [5.41, 5.74) is 0. The van der Waals surface area contributed by atoms with Crippen LogP contribution in [0.15, 0.2) is 12.2 Å². The van der Waals surface area contributed by atoms with Crippen LogP contribution in [0.4, 0.5) is 0 Å². The molecule has 2 heteroatoms. The second-order valence-corrected chi connectivity index (χ2v) is 3.91. The lowest BCUT2D eigenvalue weighted by Gasteiger charge is -2.15. The van der Waals surface area contributed by atoms with Crippen molar-refractivity contribution in [2.45, 2.75) is 32.6 Å². The number of hydrogen-bond donors (Lipinski definition) is 0. The molecule has 0 aromatic heterocycles. The van der Waals surface area contributed by atoms with Gasteiger partial charge in [-0.25, -0.2) is 0 Å². The van der Waals surface area contributed by atoms with E-state index in [9.17, 15) is 0 Å². The Bertz CT molecular complexity index is 119. The summed E-state index contributed by atoms with van der Waals surface area (Å²) in [5, 5.41) is 0. The van der Waals surface area contributed by atoms with Crippen LogP contribution in [0.5, 0.6) is 0 Å². The molecule has 0 amide bonds. The summed E-state index contributed by atoms with van der Waals surface area (Å²) in [5.74, 6) is 0.954. The zero-order chi connectivity index (χ0) is 9.40. The molecular formula is C11H24BrN. The van der Waals surface area contributed by atoms with E-state index in [4.69, 9.17) is 0 Å². The van der Waals surface area contributed by atoms with E-state index < -0.39 is 0 Å². The second-order valence-electron chi connectivity index (χ2n) is 3.91. The molecule has 0 radical (unpaired) electrons. The SMILES string of the molecule is Br.CCCCC1C=CC1.CN(C)C. The van der Waals surface area contributed by atoms with Crippen molar-refractivity contribution in [3.05, 3.63) is 12.2 Å². The predicted octanol–water partition coefficient (Wildman–Crippen LogP) is 3.51. The Morgan fingerprint density at radius 2 is 1.77 bits per heavy atom. The molecule has 0 saturated heterocycles. The highest BCUT2D eigenvalue weighted by molar-refractivity contribution is 8.93. The van der Waals surface area contributed by atoms with Crippen LogP contribution in [-0.2, 0) is 0 Å². The summed E-state index contributed by atoms with van der Waals surface area (Å²) in [4.78, 5) is 2.00. The summed E-state index contributed by atoms with van der Waals surface area (Å²) < 4.78 is 0. The van der Waals surface area contributed by atoms with E-state index in [0.29, 0.717) is 0 Å². The molecule has 1 atom stereocenters. The normalized spacial score (nSPS) is 18.4. The van der Waals surface area contributed by atoms with Gasteiger partial charge in [0, 0.05) is 0 Å². The fraction of sp³-hybridized carbons (Fsp3) is 0.818. The highest BCUT2D eigenvalue weighted by Gasteiger charge is 2.07. The maximum absolute atomic E-state index is 2.33. The lowest BCUT2D eigenvalue weighted by atomic mass is 9.90. The van der Waals surface area contributed by atoms with E-state index in [0.717, 1.165) is 5.92 Å². The third-order valence-corrected chi connectivity index (χ3v) is 1.78. The van der Waals surface area contributed by atoms with Crippen LogP contribution in [0.3, 0.4) is 0 Å². The molecule has 1 nitrogen and oxygen atoms in total. The standard InChI is InChI=1S/C8H14.C3H9N.BrH/c1-2-3-5-8-6-4-7-8;1-4(2)3;/h4,6,8H,2-3,5,7H2,1H3;1-3H3;1H. The van der Waals surface area contributed by atoms with Crippen LogP contribution in [0.2, 0.25) is 0 Å². The van der Waals surface area contributed by atoms with E-state index in [1.165, 1.54) is 25.7 Å². The van der Waals surface area contributed by atoms with Crippen molar-refractivity contribution in [2.75, 3.05) is 21.1 Å². The van der Waals surface area contributed by atoms with Crippen LogP contribution >= 0.6 is 17.0 Å². The third kappa shape index (κ3) is 12.2. The number of rotatable bonds is 3. The van der Waals surface area contributed by atoms with Crippen molar-refractivity contribution in [1.29, 1.82) is 0 Å². The van der Waals surface area contributed by atoms with E-state index in [-0.39, 0.29) is 17.0 Å². The Balaban J connectivity index is 0. The van der Waals surface area contributed by atoms with Gasteiger partial charge in [-0.05, 0) is 39.9 Å². The Morgan fingerprint density at radius 3 is 2.00 bits per heavy atom. The molecule has 1 unspecified atom stereocenters. The monoisotopic (exact) mass is 249 g/mol. The van der Waals surface area contributed by atoms with Gasteiger partial charge >= 0.3 is 0 Å². The van der Waals surface area contributed by atoms with Crippen LogP contribution in [-0.4, -0.2) is 26.0 Å². The summed E-state index contributed by atoms with van der Waals surface area (Å²) in [6, 6.07) is 0. The summed E-state index contributed by atoms with van der Waals surface area (Å²) in [6.45, 7) is 2.25. The van der Waals surface area contributed by atoms with E-state index in [1.54, 1.807) is 0 Å². The minimum absolute atomic E-state index is 0. The second kappa shape index (κ2) is 10.3. The van der Waals surface area contributed by atoms with E-state index >= 15 is 0 Å². The number of nitrogens with zero attached hydrogens (tertiary/aromatic N) is 1. The van der Waals surface area contributed by atoms with Crippen LogP contribution in [0.25, 0.3) is 0 Å². The highest BCUT2D eigenvalue weighted by Crippen LogP contribution is 2.22. The molecule has 1 aliphatic carbocycles. The molecule has 0 saturated carbocycles. The quantitative estimate of drug-likeness (QED) is 0.693. The van der Waals surface area contributed by atoms with Gasteiger partial charge in [-0.2, -0.15) is 0 Å². The number of hydrogen-bond acceptors (Lipinski definition) is 1. The molecule has 80 valence electrons. The number of allylic oxidation sites excluding steroid dienone is 2. The Labute approximate surface area is 94.0 Å². The predicted molar refractivity (Wildman–Crippen MR) is 66.7 cm³/mol. The molecule has 13 heavy (non-hydrogen) atoms. The first-order chi connectivity index (χ1) is 5.66. The van der Waals surface area contributed by atoms with Crippen molar-refractivity contribution in [3.8, 4) is 0 Å². The van der Waals surface area contributed by atoms with Gasteiger partial charge < -0.3 is 4.90 Å². The molecule has 0 aromatic carbocycles. The first-order valence-electron chi connectivity index (χ1n) is 4.94. The fourth-order valence-corrected chi connectivity index (χ4v) is 1.01. The van der Waals surface area contributed by atoms with Crippen molar-refractivity contribution in [2.24, 2.45) is 5.92 Å². The summed E-state index contributed by atoms with van der Waals surface area (Å²) in [7, 11) is 6.00. The van der Waals surface area contributed by atoms with Gasteiger partial charge in [0.2, 0.25) is 0 Å². The largest absolute Gasteiger partial charge is 0.312 e. The highest BCUT2D eigenvalue weighted by atomic mass is 79.9. The Morgan fingerprint density at radius 1 is 1.31 bits per heavy atom. The fourth-order valence-electron chi connectivity index (χ4n) is 1.01. The lowest BCUT2D eigenvalue weighted by molar-refractivity contribution is 0.505. The zero-order valence-corrected chi connectivity index (χ0v) is 11.1. The molecule has 0 aliphatic heterocycles. The average Bonchev–Trinajstić information content (AvgIpc) is 1.83. The summed E-state index contributed by atoms with van der Waals surface area (Å²) >= 11 is 0. The van der Waals surface area contributed by atoms with Gasteiger partial charge in [0.15, 0.2) is 0 Å². The molecule has 0 aromatic rings. The van der Waals surface area contributed by atoms with Crippen LogP contribution in [0.1, 0.15) is 32.6 Å². The van der Waals surface area contributed by atoms with E-state index in [1.807, 2.05) is 26.0 Å². The first kappa shape index (κ1) is 15.6. The molecule has 0 heterocycles. The molecule has 0 N–H and O–H groups in total. The van der Waals surface area contributed by atoms with Crippen LogP contribution in [0, 0.1) is 5.92 Å². The molecule has 0 spiro atoms. The molecule has 1 aliphatic rings. The first-order valence-corrected chi connectivity index (χ1v) is 4.94. The maximum atomic E-state index is 2.33. The molecule has 0 fully saturated rings. The smallest absolute Gasteiger partial charge is 0.0140 e. The molecule has 0 bridgehead atoms. The number of halogens is 1. The zero-order valence-electron chi connectivity index (χ0n) is 9.42. The Hall–Kier alpha value is 0.180. The minimum Gasteiger partial charge on any atom is -0.312 e. The topological polar surface area (TPSA) is 3.24 Å². The Kier molecular flexibility index (Phi) is 12.3. The van der Waals surface area contributed by atoms with Gasteiger partial charge in [0.1, 0.15) is 0 Å². The van der Waals surface area contributed by atoms with Gasteiger partial charge in [-0.1, -0.05) is 31.9 Å². The molecule has 1 rings (SSSR count). The van der Waals surface area contributed by atoms with E-state index in [2.05, 4.69) is 19.1 Å². The van der Waals surface area contributed by atoms with Gasteiger partial charge in [0.05, 0.1) is 0 Å². The van der Waals surface area contributed by atoms with Crippen molar-refractivity contribution >= 4 is 17.0 Å². The third-order valence-electron chi connectivity index (χ3n) is 1.78. The summed E-state index contributed by atoms with van der Waals surface area (Å²) in [6.07, 6.45) is 10.1. The van der Waals surface area contributed by atoms with Gasteiger partial charge in [-0.15, -0.1) is 17.0 Å². The van der Waals surface area contributed by atoms with Crippen molar-refractivity contribution in [3.63, 3.8) is 0 Å². The lowest BCUT2D eigenvalue weighted by Crippen LogP contribution is -2.01. The number of unbranched alkanes of at least 4 members (excludes halogenated alkanes) is 1.